The molecule has 3 nitrogen and oxygen atoms in total. The van der Waals surface area contributed by atoms with E-state index in [0.717, 1.165) is 6.07 Å². The molecule has 1 aromatic rings. The molecular formula is C13H14F3NO2. The first kappa shape index (κ1) is 13.7. The van der Waals surface area contributed by atoms with Gasteiger partial charge in [0.25, 0.3) is 6.47 Å². The molecule has 104 valence electrons. The summed E-state index contributed by atoms with van der Waals surface area (Å²) < 4.78 is 43.5. The maximum atomic E-state index is 12.9. The Kier molecular flexibility index (Phi) is 3.97. The second-order valence-electron chi connectivity index (χ2n) is 4.43. The number of hydrogen-bond acceptors (Lipinski definition) is 3. The molecule has 6 heteroatoms. The molecule has 1 fully saturated rings. The van der Waals surface area contributed by atoms with Crippen LogP contribution in [-0.2, 0) is 15.7 Å². The standard InChI is InChI=1S/C13H14F3NO2/c14-13(15,16)11-3-1-2-4-12(11)17-7-5-10(6-8-17)19-9-18/h1-4,9-10H,5-8H2. The molecule has 1 saturated heterocycles. The second-order valence-corrected chi connectivity index (χ2v) is 4.43. The van der Waals surface area contributed by atoms with Gasteiger partial charge in [-0.05, 0) is 12.1 Å². The largest absolute Gasteiger partial charge is 0.464 e. The third-order valence-electron chi connectivity index (χ3n) is 3.24. The molecule has 0 amide bonds. The van der Waals surface area contributed by atoms with Crippen molar-refractivity contribution in [1.29, 1.82) is 0 Å². The Bertz CT molecular complexity index is 440. The van der Waals surface area contributed by atoms with Crippen LogP contribution in [0.1, 0.15) is 18.4 Å². The van der Waals surface area contributed by atoms with Crippen LogP contribution < -0.4 is 4.90 Å². The number of piperidine rings is 1. The first-order valence-electron chi connectivity index (χ1n) is 6.02. The fourth-order valence-corrected chi connectivity index (χ4v) is 2.30. The predicted molar refractivity (Wildman–Crippen MR) is 63.8 cm³/mol. The van der Waals surface area contributed by atoms with Gasteiger partial charge in [-0.25, -0.2) is 0 Å². The van der Waals surface area contributed by atoms with Gasteiger partial charge in [-0.2, -0.15) is 13.2 Å². The zero-order valence-electron chi connectivity index (χ0n) is 10.2. The Morgan fingerprint density at radius 1 is 1.21 bits per heavy atom. The van der Waals surface area contributed by atoms with E-state index < -0.39 is 11.7 Å². The van der Waals surface area contributed by atoms with Gasteiger partial charge in [0, 0.05) is 31.6 Å². The first-order chi connectivity index (χ1) is 9.02. The van der Waals surface area contributed by atoms with E-state index in [-0.39, 0.29) is 11.8 Å². The summed E-state index contributed by atoms with van der Waals surface area (Å²) >= 11 is 0. The fraction of sp³-hybridized carbons (Fsp3) is 0.462. The summed E-state index contributed by atoms with van der Waals surface area (Å²) in [5.74, 6) is 0. The maximum Gasteiger partial charge on any atom is 0.418 e. The Balaban J connectivity index is 2.14. The number of halogens is 3. The van der Waals surface area contributed by atoms with Crippen LogP contribution >= 0.6 is 0 Å². The van der Waals surface area contributed by atoms with Gasteiger partial charge in [-0.15, -0.1) is 0 Å². The average molecular weight is 273 g/mol. The SMILES string of the molecule is O=COC1CCN(c2ccccc2C(F)(F)F)CC1. The highest BCUT2D eigenvalue weighted by molar-refractivity contribution is 5.55. The number of anilines is 1. The molecule has 0 radical (unpaired) electrons. The summed E-state index contributed by atoms with van der Waals surface area (Å²) in [6.45, 7) is 1.29. The van der Waals surface area contributed by atoms with Crippen LogP contribution in [-0.4, -0.2) is 25.7 Å². The number of benzene rings is 1. The second kappa shape index (κ2) is 5.50. The zero-order valence-corrected chi connectivity index (χ0v) is 10.2. The molecule has 0 aromatic heterocycles. The number of alkyl halides is 3. The summed E-state index contributed by atoms with van der Waals surface area (Å²) in [5, 5.41) is 0. The van der Waals surface area contributed by atoms with Crippen molar-refractivity contribution in [3.05, 3.63) is 29.8 Å². The minimum Gasteiger partial charge on any atom is -0.464 e. The van der Waals surface area contributed by atoms with Crippen molar-refractivity contribution < 1.29 is 22.7 Å². The van der Waals surface area contributed by atoms with Crippen molar-refractivity contribution in [1.82, 2.24) is 0 Å². The van der Waals surface area contributed by atoms with Crippen LogP contribution in [0, 0.1) is 0 Å². The van der Waals surface area contributed by atoms with E-state index in [0.29, 0.717) is 32.4 Å². The minimum absolute atomic E-state index is 0.188. The molecule has 1 aliphatic rings. The number of ether oxygens (including phenoxy) is 1. The van der Waals surface area contributed by atoms with Gasteiger partial charge in [0.15, 0.2) is 0 Å². The monoisotopic (exact) mass is 273 g/mol. The van der Waals surface area contributed by atoms with Crippen LogP contribution in [0.2, 0.25) is 0 Å². The molecule has 1 aromatic carbocycles. The molecular weight excluding hydrogens is 259 g/mol. The van der Waals surface area contributed by atoms with Gasteiger partial charge in [0.1, 0.15) is 6.10 Å². The van der Waals surface area contributed by atoms with Gasteiger partial charge in [-0.1, -0.05) is 12.1 Å². The number of nitrogens with zero attached hydrogens (tertiary/aromatic N) is 1. The van der Waals surface area contributed by atoms with Gasteiger partial charge >= 0.3 is 6.18 Å². The summed E-state index contributed by atoms with van der Waals surface area (Å²) in [7, 11) is 0. The van der Waals surface area contributed by atoms with Crippen LogP contribution in [0.3, 0.4) is 0 Å². The summed E-state index contributed by atoms with van der Waals surface area (Å²) in [6, 6.07) is 5.54. The number of para-hydroxylation sites is 1. The van der Waals surface area contributed by atoms with Gasteiger partial charge in [-0.3, -0.25) is 4.79 Å². The fourth-order valence-electron chi connectivity index (χ4n) is 2.30. The molecule has 0 aliphatic carbocycles. The summed E-state index contributed by atoms with van der Waals surface area (Å²) in [6.07, 6.45) is -3.45. The normalized spacial score (nSPS) is 17.3. The van der Waals surface area contributed by atoms with E-state index in [1.54, 1.807) is 11.0 Å². The molecule has 1 aliphatic heterocycles. The smallest absolute Gasteiger partial charge is 0.418 e. The van der Waals surface area contributed by atoms with Crippen molar-refractivity contribution in [3.63, 3.8) is 0 Å². The van der Waals surface area contributed by atoms with Crippen LogP contribution in [0.25, 0.3) is 0 Å². The first-order valence-corrected chi connectivity index (χ1v) is 6.02. The Morgan fingerprint density at radius 3 is 2.42 bits per heavy atom. The lowest BCUT2D eigenvalue weighted by Gasteiger charge is -2.34. The highest BCUT2D eigenvalue weighted by atomic mass is 19.4. The number of carbonyl (C=O) groups is 1. The Morgan fingerprint density at radius 2 is 1.84 bits per heavy atom. The third kappa shape index (κ3) is 3.19. The molecule has 0 unspecified atom stereocenters. The van der Waals surface area contributed by atoms with E-state index >= 15 is 0 Å². The zero-order chi connectivity index (χ0) is 13.9. The quantitative estimate of drug-likeness (QED) is 0.793. The van der Waals surface area contributed by atoms with Crippen molar-refractivity contribution in [2.24, 2.45) is 0 Å². The number of rotatable bonds is 3. The van der Waals surface area contributed by atoms with Gasteiger partial charge in [0.2, 0.25) is 0 Å². The summed E-state index contributed by atoms with van der Waals surface area (Å²) in [4.78, 5) is 11.9. The third-order valence-corrected chi connectivity index (χ3v) is 3.24. The molecule has 2 rings (SSSR count). The molecule has 0 spiro atoms. The van der Waals surface area contributed by atoms with E-state index in [4.69, 9.17) is 4.74 Å². The van der Waals surface area contributed by atoms with E-state index in [2.05, 4.69) is 0 Å². The molecule has 0 bridgehead atoms. The Labute approximate surface area is 109 Å². The average Bonchev–Trinajstić information content (AvgIpc) is 2.39. The van der Waals surface area contributed by atoms with Crippen molar-refractivity contribution >= 4 is 12.2 Å². The van der Waals surface area contributed by atoms with Gasteiger partial charge in [0.05, 0.1) is 5.56 Å². The van der Waals surface area contributed by atoms with Crippen LogP contribution in [0.15, 0.2) is 24.3 Å². The molecule has 1 heterocycles. The Hall–Kier alpha value is -1.72. The minimum atomic E-state index is -4.35. The van der Waals surface area contributed by atoms with Crippen LogP contribution in [0.4, 0.5) is 18.9 Å². The predicted octanol–water partition coefficient (Wildman–Crippen LogP) is 2.85. The van der Waals surface area contributed by atoms with E-state index in [1.807, 2.05) is 0 Å². The topological polar surface area (TPSA) is 29.5 Å². The highest BCUT2D eigenvalue weighted by Crippen LogP contribution is 2.37. The van der Waals surface area contributed by atoms with Crippen molar-refractivity contribution in [3.8, 4) is 0 Å². The molecule has 19 heavy (non-hydrogen) atoms. The van der Waals surface area contributed by atoms with Crippen LogP contribution in [0.5, 0.6) is 0 Å². The number of carbonyl (C=O) groups excluding carboxylic acids is 1. The van der Waals surface area contributed by atoms with E-state index in [9.17, 15) is 18.0 Å². The lowest BCUT2D eigenvalue weighted by atomic mass is 10.0. The molecule has 0 saturated carbocycles. The molecule has 0 atom stereocenters. The van der Waals surface area contributed by atoms with E-state index in [1.165, 1.54) is 12.1 Å². The number of hydrogen-bond donors (Lipinski definition) is 0. The van der Waals surface area contributed by atoms with Gasteiger partial charge < -0.3 is 9.64 Å². The van der Waals surface area contributed by atoms with Crippen molar-refractivity contribution in [2.75, 3.05) is 18.0 Å². The molecule has 0 N–H and O–H groups in total. The lowest BCUT2D eigenvalue weighted by Crippen LogP contribution is -2.37. The summed E-state index contributed by atoms with van der Waals surface area (Å²) in [5.41, 5.74) is -0.427. The lowest BCUT2D eigenvalue weighted by molar-refractivity contribution is -0.137. The maximum absolute atomic E-state index is 12.9. The highest BCUT2D eigenvalue weighted by Gasteiger charge is 2.35. The van der Waals surface area contributed by atoms with Crippen molar-refractivity contribution in [2.45, 2.75) is 25.1 Å².